The molecule has 1 fully saturated rings. The third-order valence-electron chi connectivity index (χ3n) is 5.70. The van der Waals surface area contributed by atoms with E-state index in [1.807, 2.05) is 23.1 Å². The van der Waals surface area contributed by atoms with E-state index in [0.717, 1.165) is 51.0 Å². The second-order valence-electron chi connectivity index (χ2n) is 7.56. The predicted octanol–water partition coefficient (Wildman–Crippen LogP) is 2.86. The predicted molar refractivity (Wildman–Crippen MR) is 121 cm³/mol. The zero-order valence-corrected chi connectivity index (χ0v) is 17.8. The third kappa shape index (κ3) is 4.72. The molecule has 29 heavy (non-hydrogen) atoms. The summed E-state index contributed by atoms with van der Waals surface area (Å²) in [5.41, 5.74) is 2.31. The number of fused-ring (bicyclic) bond motifs is 1. The third-order valence-corrected chi connectivity index (χ3v) is 6.62. The normalized spacial score (nSPS) is 17.8. The number of carbonyl (C=O) groups excluding carboxylic acids is 1. The Morgan fingerprint density at radius 3 is 2.76 bits per heavy atom. The highest BCUT2D eigenvalue weighted by Gasteiger charge is 2.23. The Bertz CT molecular complexity index is 843. The molecule has 1 aromatic heterocycles. The van der Waals surface area contributed by atoms with Gasteiger partial charge in [-0.25, -0.2) is 0 Å². The van der Waals surface area contributed by atoms with Crippen LogP contribution in [-0.4, -0.2) is 51.1 Å². The molecule has 2 aromatic rings. The number of carbonyl (C=O) groups is 1. The Kier molecular flexibility index (Phi) is 6.34. The lowest BCUT2D eigenvalue weighted by molar-refractivity contribution is -0.117. The minimum Gasteiger partial charge on any atom is -0.363 e. The minimum atomic E-state index is 0.0904. The molecular formula is C22H29N5OS. The van der Waals surface area contributed by atoms with Crippen LogP contribution in [0.25, 0.3) is 0 Å². The first-order valence-electron chi connectivity index (χ1n) is 10.4. The van der Waals surface area contributed by atoms with Gasteiger partial charge in [-0.2, -0.15) is 0 Å². The Labute approximate surface area is 176 Å². The Balaban J connectivity index is 1.27. The van der Waals surface area contributed by atoms with Gasteiger partial charge in [-0.05, 0) is 54.8 Å². The number of rotatable bonds is 4. The van der Waals surface area contributed by atoms with E-state index in [1.54, 1.807) is 18.4 Å². The van der Waals surface area contributed by atoms with Crippen molar-refractivity contribution in [3.8, 4) is 0 Å². The molecule has 0 spiro atoms. The Morgan fingerprint density at radius 2 is 2.00 bits per heavy atom. The molecular weight excluding hydrogens is 382 g/mol. The van der Waals surface area contributed by atoms with Crippen LogP contribution in [0.2, 0.25) is 0 Å². The fourth-order valence-corrected chi connectivity index (χ4v) is 4.91. The zero-order chi connectivity index (χ0) is 20.1. The van der Waals surface area contributed by atoms with Gasteiger partial charge in [0.15, 0.2) is 5.96 Å². The van der Waals surface area contributed by atoms with E-state index in [4.69, 9.17) is 0 Å². The zero-order valence-electron chi connectivity index (χ0n) is 16.9. The summed E-state index contributed by atoms with van der Waals surface area (Å²) in [4.78, 5) is 21.5. The topological polar surface area (TPSA) is 60.0 Å². The van der Waals surface area contributed by atoms with E-state index in [-0.39, 0.29) is 12.5 Å². The maximum atomic E-state index is 12.8. The van der Waals surface area contributed by atoms with Crippen LogP contribution in [-0.2, 0) is 11.2 Å². The summed E-state index contributed by atoms with van der Waals surface area (Å²) < 4.78 is 0. The molecule has 0 bridgehead atoms. The smallest absolute Gasteiger partial charge is 0.246 e. The van der Waals surface area contributed by atoms with Crippen molar-refractivity contribution in [2.24, 2.45) is 4.99 Å². The van der Waals surface area contributed by atoms with Crippen molar-refractivity contribution in [2.45, 2.75) is 31.7 Å². The van der Waals surface area contributed by atoms with Crippen molar-refractivity contribution in [3.05, 3.63) is 47.3 Å². The molecule has 4 rings (SSSR count). The molecule has 2 aliphatic rings. The van der Waals surface area contributed by atoms with Gasteiger partial charge in [-0.1, -0.05) is 18.2 Å². The SMILES string of the molecule is CN=C(NCC(=O)N1CCCc2ccccc21)NC1CCN(c2cccs2)CC1. The molecule has 0 radical (unpaired) electrons. The molecule has 1 saturated heterocycles. The van der Waals surface area contributed by atoms with Gasteiger partial charge in [0.25, 0.3) is 0 Å². The van der Waals surface area contributed by atoms with Gasteiger partial charge in [0.2, 0.25) is 5.91 Å². The second kappa shape index (κ2) is 9.31. The number of piperidine rings is 1. The van der Waals surface area contributed by atoms with Gasteiger partial charge in [-0.3, -0.25) is 9.79 Å². The molecule has 154 valence electrons. The van der Waals surface area contributed by atoms with Crippen LogP contribution in [0.15, 0.2) is 46.8 Å². The average molecular weight is 412 g/mol. The fourth-order valence-electron chi connectivity index (χ4n) is 4.13. The maximum absolute atomic E-state index is 12.8. The first-order chi connectivity index (χ1) is 14.2. The molecule has 2 aliphatic heterocycles. The number of nitrogens with zero attached hydrogens (tertiary/aromatic N) is 3. The molecule has 0 unspecified atom stereocenters. The van der Waals surface area contributed by atoms with E-state index >= 15 is 0 Å². The summed E-state index contributed by atoms with van der Waals surface area (Å²) in [6.45, 7) is 3.12. The van der Waals surface area contributed by atoms with Gasteiger partial charge < -0.3 is 20.4 Å². The fraction of sp³-hybridized carbons (Fsp3) is 0.455. The number of hydrogen-bond acceptors (Lipinski definition) is 4. The van der Waals surface area contributed by atoms with Crippen LogP contribution in [0.3, 0.4) is 0 Å². The summed E-state index contributed by atoms with van der Waals surface area (Å²) in [5, 5.41) is 10.2. The summed E-state index contributed by atoms with van der Waals surface area (Å²) in [6, 6.07) is 12.9. The van der Waals surface area contributed by atoms with Gasteiger partial charge in [0, 0.05) is 38.4 Å². The molecule has 1 amide bonds. The standard InChI is InChI=1S/C22H29N5OS/c1-23-22(25-18-10-13-26(14-11-18)21-9-5-15-29-21)24-16-20(28)27-12-4-7-17-6-2-3-8-19(17)27/h2-3,5-6,8-9,15,18H,4,7,10-14,16H2,1H3,(H2,23,24,25). The molecule has 2 N–H and O–H groups in total. The highest BCUT2D eigenvalue weighted by molar-refractivity contribution is 7.14. The number of anilines is 2. The average Bonchev–Trinajstić information content (AvgIpc) is 3.31. The lowest BCUT2D eigenvalue weighted by Gasteiger charge is -2.34. The molecule has 3 heterocycles. The van der Waals surface area contributed by atoms with Gasteiger partial charge >= 0.3 is 0 Å². The highest BCUT2D eigenvalue weighted by atomic mass is 32.1. The van der Waals surface area contributed by atoms with Crippen molar-refractivity contribution >= 4 is 33.9 Å². The number of aryl methyl sites for hydroxylation is 1. The number of nitrogens with one attached hydrogen (secondary N) is 2. The van der Waals surface area contributed by atoms with Crippen molar-refractivity contribution in [1.29, 1.82) is 0 Å². The van der Waals surface area contributed by atoms with Crippen LogP contribution in [0.1, 0.15) is 24.8 Å². The van der Waals surface area contributed by atoms with Crippen LogP contribution in [0.5, 0.6) is 0 Å². The van der Waals surface area contributed by atoms with E-state index in [2.05, 4.69) is 44.1 Å². The first kappa shape index (κ1) is 19.8. The van der Waals surface area contributed by atoms with Crippen LogP contribution in [0.4, 0.5) is 10.7 Å². The molecule has 0 saturated carbocycles. The van der Waals surface area contributed by atoms with E-state index in [1.165, 1.54) is 10.6 Å². The van der Waals surface area contributed by atoms with Crippen LogP contribution < -0.4 is 20.4 Å². The van der Waals surface area contributed by atoms with Crippen molar-refractivity contribution in [1.82, 2.24) is 10.6 Å². The molecule has 0 atom stereocenters. The second-order valence-corrected chi connectivity index (χ2v) is 8.49. The number of guanidine groups is 1. The summed E-state index contributed by atoms with van der Waals surface area (Å²) in [5.74, 6) is 0.797. The monoisotopic (exact) mass is 411 g/mol. The molecule has 1 aromatic carbocycles. The van der Waals surface area contributed by atoms with Gasteiger partial charge in [0.1, 0.15) is 0 Å². The molecule has 6 nitrogen and oxygen atoms in total. The van der Waals surface area contributed by atoms with E-state index in [0.29, 0.717) is 12.0 Å². The van der Waals surface area contributed by atoms with E-state index < -0.39 is 0 Å². The lowest BCUT2D eigenvalue weighted by Crippen LogP contribution is -2.51. The van der Waals surface area contributed by atoms with E-state index in [9.17, 15) is 4.79 Å². The number of aliphatic imine (C=N–C) groups is 1. The highest BCUT2D eigenvalue weighted by Crippen LogP contribution is 2.27. The van der Waals surface area contributed by atoms with Crippen molar-refractivity contribution < 1.29 is 4.79 Å². The summed E-state index contributed by atoms with van der Waals surface area (Å²) in [7, 11) is 1.76. The number of thiophene rings is 1. The number of amides is 1. The van der Waals surface area contributed by atoms with Crippen molar-refractivity contribution in [3.63, 3.8) is 0 Å². The summed E-state index contributed by atoms with van der Waals surface area (Å²) in [6.07, 6.45) is 4.18. The number of hydrogen-bond donors (Lipinski definition) is 2. The summed E-state index contributed by atoms with van der Waals surface area (Å²) >= 11 is 1.80. The van der Waals surface area contributed by atoms with Crippen LogP contribution in [0, 0.1) is 0 Å². The Hall–Kier alpha value is -2.54. The quantitative estimate of drug-likeness (QED) is 0.600. The largest absolute Gasteiger partial charge is 0.363 e. The Morgan fingerprint density at radius 1 is 1.17 bits per heavy atom. The van der Waals surface area contributed by atoms with Crippen molar-refractivity contribution in [2.75, 3.05) is 43.0 Å². The van der Waals surface area contributed by atoms with Crippen LogP contribution >= 0.6 is 11.3 Å². The molecule has 7 heteroatoms. The number of para-hydroxylation sites is 1. The number of benzene rings is 1. The maximum Gasteiger partial charge on any atom is 0.246 e. The first-order valence-corrected chi connectivity index (χ1v) is 11.3. The minimum absolute atomic E-state index is 0.0904. The molecule has 0 aliphatic carbocycles. The lowest BCUT2D eigenvalue weighted by atomic mass is 10.0. The van der Waals surface area contributed by atoms with Gasteiger partial charge in [-0.15, -0.1) is 11.3 Å². The van der Waals surface area contributed by atoms with Gasteiger partial charge in [0.05, 0.1) is 11.5 Å².